The van der Waals surface area contributed by atoms with Crippen LogP contribution in [0.4, 0.5) is 0 Å². The summed E-state index contributed by atoms with van der Waals surface area (Å²) in [6.07, 6.45) is -0.462. The van der Waals surface area contributed by atoms with E-state index in [9.17, 15) is 14.7 Å². The largest absolute Gasteiger partial charge is 0.497 e. The van der Waals surface area contributed by atoms with Gasteiger partial charge in [-0.05, 0) is 36.8 Å². The van der Waals surface area contributed by atoms with E-state index in [2.05, 4.69) is 10.9 Å². The van der Waals surface area contributed by atoms with Crippen LogP contribution in [0, 0.1) is 6.92 Å². The number of hydrogen-bond acceptors (Lipinski definition) is 7. The summed E-state index contributed by atoms with van der Waals surface area (Å²) in [7, 11) is 6.18. The zero-order chi connectivity index (χ0) is 25.4. The lowest BCUT2D eigenvalue weighted by Crippen LogP contribution is -2.47. The molecule has 0 bridgehead atoms. The molecular weight excluding hydrogens is 476 g/mol. The van der Waals surface area contributed by atoms with Crippen molar-refractivity contribution in [3.8, 4) is 11.5 Å². The summed E-state index contributed by atoms with van der Waals surface area (Å²) >= 11 is 10.9. The molecular formula is C23H28N4O5S2. The van der Waals surface area contributed by atoms with Gasteiger partial charge >= 0.3 is 0 Å². The van der Waals surface area contributed by atoms with Crippen LogP contribution >= 0.6 is 24.4 Å². The van der Waals surface area contributed by atoms with Crippen LogP contribution in [-0.2, 0) is 16.2 Å². The van der Waals surface area contributed by atoms with Crippen molar-refractivity contribution < 1.29 is 24.2 Å². The third kappa shape index (κ3) is 6.86. The summed E-state index contributed by atoms with van der Waals surface area (Å²) in [5, 5.41) is 12.3. The number of aliphatic hydroxyl groups is 1. The molecule has 11 heteroatoms. The normalized spacial score (nSPS) is 10.2. The number of rotatable bonds is 7. The molecule has 2 rings (SSSR count). The fourth-order valence-electron chi connectivity index (χ4n) is 3.07. The summed E-state index contributed by atoms with van der Waals surface area (Å²) in [5.41, 5.74) is 7.87. The maximum absolute atomic E-state index is 12.4. The Kier molecular flexibility index (Phi) is 9.72. The Hall–Kier alpha value is -3.28. The van der Waals surface area contributed by atoms with E-state index in [4.69, 9.17) is 33.9 Å². The molecule has 9 nitrogen and oxygen atoms in total. The van der Waals surface area contributed by atoms with E-state index in [0.717, 1.165) is 5.56 Å². The molecule has 3 N–H and O–H groups in total. The van der Waals surface area contributed by atoms with Crippen molar-refractivity contribution in [3.63, 3.8) is 0 Å². The molecule has 0 atom stereocenters. The number of ether oxygens (including phenoxy) is 2. The van der Waals surface area contributed by atoms with Gasteiger partial charge in [-0.2, -0.15) is 0 Å². The molecule has 0 saturated carbocycles. The monoisotopic (exact) mass is 504 g/mol. The van der Waals surface area contributed by atoms with Gasteiger partial charge in [-0.3, -0.25) is 30.5 Å². The van der Waals surface area contributed by atoms with E-state index >= 15 is 0 Å². The number of nitrogens with one attached hydrogen (secondary N) is 2. The van der Waals surface area contributed by atoms with Crippen molar-refractivity contribution >= 4 is 46.2 Å². The van der Waals surface area contributed by atoms with E-state index in [1.165, 1.54) is 24.2 Å². The number of carbonyl (C=O) groups excluding carboxylic acids is 2. The number of hydrogen-bond donors (Lipinski definition) is 3. The molecule has 2 aromatic carbocycles. The molecule has 0 aliphatic heterocycles. The molecule has 34 heavy (non-hydrogen) atoms. The highest BCUT2D eigenvalue weighted by Gasteiger charge is 2.19. The molecule has 0 heterocycles. The predicted molar refractivity (Wildman–Crippen MR) is 136 cm³/mol. The molecule has 0 aliphatic carbocycles. The van der Waals surface area contributed by atoms with E-state index in [-0.39, 0.29) is 11.6 Å². The fraction of sp³-hybridized carbons (Fsp3) is 0.304. The number of amides is 2. The van der Waals surface area contributed by atoms with Crippen molar-refractivity contribution in [1.29, 1.82) is 0 Å². The van der Waals surface area contributed by atoms with Gasteiger partial charge in [-0.25, -0.2) is 0 Å². The molecule has 182 valence electrons. The van der Waals surface area contributed by atoms with Gasteiger partial charge in [0, 0.05) is 19.7 Å². The number of aryl methyl sites for hydroxylation is 1. The summed E-state index contributed by atoms with van der Waals surface area (Å²) in [6.45, 7) is 1.69. The van der Waals surface area contributed by atoms with Crippen molar-refractivity contribution in [2.75, 3.05) is 28.3 Å². The van der Waals surface area contributed by atoms with Crippen LogP contribution in [0.2, 0.25) is 0 Å². The minimum absolute atomic E-state index is 0.234. The Labute approximate surface area is 209 Å². The second kappa shape index (κ2) is 12.3. The minimum Gasteiger partial charge on any atom is -0.497 e. The van der Waals surface area contributed by atoms with Crippen LogP contribution in [0.3, 0.4) is 0 Å². The highest BCUT2D eigenvalue weighted by Crippen LogP contribution is 2.22. The third-order valence-electron chi connectivity index (χ3n) is 4.82. The Morgan fingerprint density at radius 3 is 2.03 bits per heavy atom. The smallest absolute Gasteiger partial charge is 0.248 e. The first-order valence-corrected chi connectivity index (χ1v) is 11.0. The second-order valence-electron chi connectivity index (χ2n) is 7.36. The van der Waals surface area contributed by atoms with Crippen LogP contribution in [0.25, 0.3) is 0 Å². The standard InChI is InChI=1S/C23H28N4O5S2/c1-14-6-9-19(32-5)18(10-14)23(34)27(3)25-21(30)12-20(29)24-26(2)22(33)17-11-16(31-4)8-7-15(17)13-28/h6-11,28H,12-13H2,1-5H3,(H,24,29)(H,25,30). The van der Waals surface area contributed by atoms with Gasteiger partial charge in [0.15, 0.2) is 0 Å². The van der Waals surface area contributed by atoms with Crippen LogP contribution in [0.15, 0.2) is 36.4 Å². The molecule has 2 amide bonds. The molecule has 0 spiro atoms. The summed E-state index contributed by atoms with van der Waals surface area (Å²) in [6, 6.07) is 10.6. The Morgan fingerprint density at radius 2 is 1.50 bits per heavy atom. The molecule has 0 aromatic heterocycles. The predicted octanol–water partition coefficient (Wildman–Crippen LogP) is 1.87. The highest BCUT2D eigenvalue weighted by molar-refractivity contribution is 7.81. The Bertz CT molecular complexity index is 1090. The quantitative estimate of drug-likeness (QED) is 0.296. The number of nitrogens with zero attached hydrogens (tertiary/aromatic N) is 2. The summed E-state index contributed by atoms with van der Waals surface area (Å²) in [5.74, 6) is -0.0174. The number of thiocarbonyl (C=S) groups is 2. The van der Waals surface area contributed by atoms with Gasteiger partial charge in [-0.1, -0.05) is 42.1 Å². The second-order valence-corrected chi connectivity index (χ2v) is 8.13. The topological polar surface area (TPSA) is 103 Å². The fourth-order valence-corrected chi connectivity index (χ4v) is 3.51. The number of hydrazine groups is 2. The summed E-state index contributed by atoms with van der Waals surface area (Å²) in [4.78, 5) is 25.4. The summed E-state index contributed by atoms with van der Waals surface area (Å²) < 4.78 is 10.5. The maximum atomic E-state index is 12.4. The zero-order valence-electron chi connectivity index (χ0n) is 19.7. The van der Waals surface area contributed by atoms with Gasteiger partial charge in [0.05, 0.1) is 26.4 Å². The average molecular weight is 505 g/mol. The number of carbonyl (C=O) groups is 2. The lowest BCUT2D eigenvalue weighted by molar-refractivity contribution is -0.132. The maximum Gasteiger partial charge on any atom is 0.248 e. The SMILES string of the molecule is COc1ccc(CO)c(C(=S)N(C)NC(=O)CC(=O)NN(C)C(=S)c2cc(C)ccc2OC)c1. The highest BCUT2D eigenvalue weighted by atomic mass is 32.1. The van der Waals surface area contributed by atoms with Crippen molar-refractivity contribution in [1.82, 2.24) is 20.9 Å². The van der Waals surface area contributed by atoms with Gasteiger partial charge < -0.3 is 14.6 Å². The number of aliphatic hydroxyl groups excluding tert-OH is 1. The van der Waals surface area contributed by atoms with E-state index in [0.29, 0.717) is 33.2 Å². The molecule has 0 unspecified atom stereocenters. The average Bonchev–Trinajstić information content (AvgIpc) is 2.82. The number of methoxy groups -OCH3 is 2. The van der Waals surface area contributed by atoms with Gasteiger partial charge in [0.1, 0.15) is 27.9 Å². The molecule has 0 radical (unpaired) electrons. The lowest BCUT2D eigenvalue weighted by Gasteiger charge is -2.24. The van der Waals surface area contributed by atoms with Crippen LogP contribution in [0.1, 0.15) is 28.7 Å². The van der Waals surface area contributed by atoms with Gasteiger partial charge in [0.25, 0.3) is 0 Å². The first-order chi connectivity index (χ1) is 16.1. The molecule has 0 aliphatic rings. The van der Waals surface area contributed by atoms with Gasteiger partial charge in [0.2, 0.25) is 11.8 Å². The molecule has 0 saturated heterocycles. The van der Waals surface area contributed by atoms with Crippen LogP contribution in [-0.4, -0.2) is 65.2 Å². The number of benzene rings is 2. The van der Waals surface area contributed by atoms with Crippen molar-refractivity contribution in [3.05, 3.63) is 58.7 Å². The van der Waals surface area contributed by atoms with E-state index < -0.39 is 18.2 Å². The van der Waals surface area contributed by atoms with Crippen molar-refractivity contribution in [2.45, 2.75) is 20.0 Å². The van der Waals surface area contributed by atoms with Gasteiger partial charge in [-0.15, -0.1) is 0 Å². The first-order valence-electron chi connectivity index (χ1n) is 10.2. The zero-order valence-corrected chi connectivity index (χ0v) is 21.3. The Morgan fingerprint density at radius 1 is 0.912 bits per heavy atom. The third-order valence-corrected chi connectivity index (χ3v) is 5.81. The lowest BCUT2D eigenvalue weighted by atomic mass is 10.1. The van der Waals surface area contributed by atoms with Crippen LogP contribution in [0.5, 0.6) is 11.5 Å². The van der Waals surface area contributed by atoms with Crippen molar-refractivity contribution in [2.24, 2.45) is 0 Å². The Balaban J connectivity index is 1.98. The first kappa shape index (κ1) is 27.0. The van der Waals surface area contributed by atoms with Crippen LogP contribution < -0.4 is 20.3 Å². The molecule has 2 aromatic rings. The molecule has 0 fully saturated rings. The van der Waals surface area contributed by atoms with E-state index in [1.54, 1.807) is 38.4 Å². The minimum atomic E-state index is -0.580. The van der Waals surface area contributed by atoms with E-state index in [1.807, 2.05) is 19.1 Å².